The number of carbonyl (C=O) groups is 1. The van der Waals surface area contributed by atoms with E-state index in [0.29, 0.717) is 44.0 Å². The van der Waals surface area contributed by atoms with Gasteiger partial charge in [-0.15, -0.1) is 5.10 Å². The predicted octanol–water partition coefficient (Wildman–Crippen LogP) is 0.431. The van der Waals surface area contributed by atoms with E-state index in [4.69, 9.17) is 10.5 Å². The number of aryl methyl sites for hydroxylation is 1. The first-order valence-corrected chi connectivity index (χ1v) is 9.00. The van der Waals surface area contributed by atoms with Gasteiger partial charge in [0.05, 0.1) is 24.5 Å². The maximum absolute atomic E-state index is 12.6. The number of carbonyl (C=O) groups excluding carboxylic acids is 1. The van der Waals surface area contributed by atoms with Crippen LogP contribution in [-0.4, -0.2) is 63.9 Å². The van der Waals surface area contributed by atoms with E-state index < -0.39 is 0 Å². The minimum absolute atomic E-state index is 0.0138. The van der Waals surface area contributed by atoms with Crippen LogP contribution >= 0.6 is 11.5 Å². The topological polar surface area (TPSA) is 102 Å². The average Bonchev–Trinajstić information content (AvgIpc) is 3.06. The van der Waals surface area contributed by atoms with Crippen LogP contribution in [0.3, 0.4) is 0 Å². The van der Waals surface area contributed by atoms with Crippen molar-refractivity contribution in [1.29, 1.82) is 0 Å². The number of amides is 1. The Morgan fingerprint density at radius 1 is 1.52 bits per heavy atom. The van der Waals surface area contributed by atoms with Gasteiger partial charge >= 0.3 is 0 Å². The van der Waals surface area contributed by atoms with Crippen molar-refractivity contribution in [3.8, 4) is 0 Å². The third-order valence-corrected chi connectivity index (χ3v) is 6.00. The normalized spacial score (nSPS) is 26.3. The maximum atomic E-state index is 12.6. The van der Waals surface area contributed by atoms with Gasteiger partial charge in [0.2, 0.25) is 0 Å². The number of hydrogen-bond donors (Lipinski definition) is 2. The number of nitrogens with zero attached hydrogens (tertiary/aromatic N) is 3. The number of nitrogens with two attached hydrogens (primary N) is 1. The monoisotopic (exact) mass is 340 g/mol. The van der Waals surface area contributed by atoms with Crippen LogP contribution in [0, 0.1) is 5.41 Å². The zero-order valence-corrected chi connectivity index (χ0v) is 14.2. The molecule has 8 heteroatoms. The lowest BCUT2D eigenvalue weighted by molar-refractivity contribution is -0.207. The van der Waals surface area contributed by atoms with E-state index in [0.717, 1.165) is 18.5 Å². The van der Waals surface area contributed by atoms with Gasteiger partial charge in [-0.1, -0.05) is 11.4 Å². The molecule has 0 radical (unpaired) electrons. The molecule has 1 saturated carbocycles. The van der Waals surface area contributed by atoms with E-state index >= 15 is 0 Å². The zero-order valence-electron chi connectivity index (χ0n) is 13.4. The second kappa shape index (κ2) is 6.80. The lowest BCUT2D eigenvalue weighted by atomic mass is 9.58. The Morgan fingerprint density at radius 3 is 2.87 bits per heavy atom. The second-order valence-electron chi connectivity index (χ2n) is 6.33. The first-order valence-electron chi connectivity index (χ1n) is 8.22. The molecule has 1 aromatic heterocycles. The lowest BCUT2D eigenvalue weighted by Gasteiger charge is -2.56. The molecular formula is C15H24N4O3S. The largest absolute Gasteiger partial charge is 0.392 e. The summed E-state index contributed by atoms with van der Waals surface area (Å²) in [5.41, 5.74) is 6.07. The fourth-order valence-electron chi connectivity index (χ4n) is 3.70. The number of hydrogen-bond acceptors (Lipinski definition) is 7. The summed E-state index contributed by atoms with van der Waals surface area (Å²) in [4.78, 5) is 15.1. The van der Waals surface area contributed by atoms with E-state index in [2.05, 4.69) is 9.59 Å². The van der Waals surface area contributed by atoms with E-state index in [-0.39, 0.29) is 23.5 Å². The van der Waals surface area contributed by atoms with Crippen molar-refractivity contribution in [1.82, 2.24) is 14.5 Å². The molecule has 3 N–H and O–H groups in total. The molecule has 0 unspecified atom stereocenters. The summed E-state index contributed by atoms with van der Waals surface area (Å²) in [6, 6.07) is 0. The van der Waals surface area contributed by atoms with E-state index in [1.54, 1.807) is 0 Å². The third kappa shape index (κ3) is 2.88. The molecule has 2 atom stereocenters. The van der Waals surface area contributed by atoms with Gasteiger partial charge in [-0.2, -0.15) is 0 Å². The van der Waals surface area contributed by atoms with Crippen molar-refractivity contribution in [3.63, 3.8) is 0 Å². The number of aliphatic hydroxyl groups excluding tert-OH is 1. The van der Waals surface area contributed by atoms with Crippen LogP contribution < -0.4 is 5.73 Å². The van der Waals surface area contributed by atoms with Crippen LogP contribution in [0.1, 0.15) is 41.6 Å². The van der Waals surface area contributed by atoms with E-state index in [1.807, 2.05) is 11.8 Å². The minimum Gasteiger partial charge on any atom is -0.392 e. The van der Waals surface area contributed by atoms with Gasteiger partial charge < -0.3 is 20.5 Å². The Balaban J connectivity index is 1.63. The maximum Gasteiger partial charge on any atom is 0.267 e. The molecule has 0 bridgehead atoms. The molecule has 0 aromatic carbocycles. The summed E-state index contributed by atoms with van der Waals surface area (Å²) in [6.45, 7) is 4.27. The van der Waals surface area contributed by atoms with Crippen molar-refractivity contribution < 1.29 is 14.6 Å². The van der Waals surface area contributed by atoms with Gasteiger partial charge in [0.25, 0.3) is 5.91 Å². The van der Waals surface area contributed by atoms with E-state index in [9.17, 15) is 9.90 Å². The fourth-order valence-corrected chi connectivity index (χ4v) is 4.42. The molecule has 7 nitrogen and oxygen atoms in total. The predicted molar refractivity (Wildman–Crippen MR) is 86.3 cm³/mol. The molecular weight excluding hydrogens is 316 g/mol. The van der Waals surface area contributed by atoms with E-state index in [1.165, 1.54) is 11.5 Å². The summed E-state index contributed by atoms with van der Waals surface area (Å²) in [7, 11) is 0. The van der Waals surface area contributed by atoms with Gasteiger partial charge in [-0.3, -0.25) is 4.79 Å². The Kier molecular flexibility index (Phi) is 4.96. The number of rotatable bonds is 5. The molecule has 2 fully saturated rings. The Labute approximate surface area is 140 Å². The lowest BCUT2D eigenvalue weighted by Crippen LogP contribution is -2.62. The van der Waals surface area contributed by atoms with Crippen LogP contribution in [0.5, 0.6) is 0 Å². The summed E-state index contributed by atoms with van der Waals surface area (Å²) in [5.74, 6) is 0.0138. The highest BCUT2D eigenvalue weighted by atomic mass is 32.1. The molecule has 3 rings (SSSR count). The zero-order chi connectivity index (χ0) is 16.4. The molecule has 1 aliphatic carbocycles. The molecule has 128 valence electrons. The van der Waals surface area contributed by atoms with Gasteiger partial charge in [-0.05, 0) is 30.8 Å². The van der Waals surface area contributed by atoms with Crippen LogP contribution in [0.25, 0.3) is 0 Å². The highest BCUT2D eigenvalue weighted by molar-refractivity contribution is 7.08. The van der Waals surface area contributed by atoms with Gasteiger partial charge in [0.15, 0.2) is 0 Å². The minimum atomic E-state index is -0.334. The van der Waals surface area contributed by atoms with Crippen molar-refractivity contribution in [2.75, 3.05) is 26.2 Å². The van der Waals surface area contributed by atoms with Crippen molar-refractivity contribution in [3.05, 3.63) is 10.6 Å². The smallest absolute Gasteiger partial charge is 0.267 e. The Morgan fingerprint density at radius 2 is 2.26 bits per heavy atom. The summed E-state index contributed by atoms with van der Waals surface area (Å²) in [5, 5.41) is 14.3. The van der Waals surface area contributed by atoms with Crippen LogP contribution in [0.15, 0.2) is 0 Å². The molecule has 23 heavy (non-hydrogen) atoms. The van der Waals surface area contributed by atoms with Crippen molar-refractivity contribution in [2.24, 2.45) is 11.1 Å². The number of piperidine rings is 1. The van der Waals surface area contributed by atoms with Gasteiger partial charge in [0, 0.05) is 31.5 Å². The van der Waals surface area contributed by atoms with Crippen molar-refractivity contribution >= 4 is 17.4 Å². The summed E-state index contributed by atoms with van der Waals surface area (Å²) >= 11 is 1.17. The van der Waals surface area contributed by atoms with Gasteiger partial charge in [-0.25, -0.2) is 0 Å². The van der Waals surface area contributed by atoms with Crippen LogP contribution in [0.4, 0.5) is 0 Å². The first-order chi connectivity index (χ1) is 11.1. The summed E-state index contributed by atoms with van der Waals surface area (Å²) < 4.78 is 9.68. The van der Waals surface area contributed by atoms with Crippen LogP contribution in [0.2, 0.25) is 0 Å². The number of ether oxygens (including phenoxy) is 1. The number of likely N-dealkylation sites (tertiary alicyclic amines) is 1. The number of aliphatic hydroxyl groups is 1. The first kappa shape index (κ1) is 16.8. The highest BCUT2D eigenvalue weighted by Crippen LogP contribution is 2.51. The number of aromatic nitrogens is 2. The SMILES string of the molecule is CCc1nnsc1C(=O)N1CCC2(CC1)[C@@H](O)C[C@H]2OCCN. The Bertz CT molecular complexity index is 557. The highest BCUT2D eigenvalue weighted by Gasteiger charge is 2.56. The molecule has 2 heterocycles. The van der Waals surface area contributed by atoms with Crippen molar-refractivity contribution in [2.45, 2.75) is 44.8 Å². The standard InChI is InChI=1S/C15H24N4O3S/c1-2-10-13(23-18-17-10)14(21)19-6-3-15(4-7-19)11(20)9-12(15)22-8-5-16/h11-12,20H,2-9,16H2,1H3/t11-,12+/m0/s1. The fraction of sp³-hybridized carbons (Fsp3) is 0.800. The van der Waals surface area contributed by atoms with Gasteiger partial charge in [0.1, 0.15) is 4.88 Å². The second-order valence-corrected chi connectivity index (χ2v) is 7.08. The molecule has 1 aliphatic heterocycles. The molecule has 1 spiro atoms. The average molecular weight is 340 g/mol. The molecule has 2 aliphatic rings. The summed E-state index contributed by atoms with van der Waals surface area (Å²) in [6.07, 6.45) is 2.65. The van der Waals surface area contributed by atoms with Crippen LogP contribution in [-0.2, 0) is 11.2 Å². The molecule has 1 aromatic rings. The quantitative estimate of drug-likeness (QED) is 0.806. The molecule has 1 amide bonds. The third-order valence-electron chi connectivity index (χ3n) is 5.25. The Hall–Kier alpha value is -1.09. The molecule has 1 saturated heterocycles.